The number of hydrogen-bond donors (Lipinski definition) is 0. The highest BCUT2D eigenvalue weighted by molar-refractivity contribution is 7.27. The average Bonchev–Trinajstić information content (AvgIpc) is 3.65. The number of benzene rings is 6. The van der Waals surface area contributed by atoms with Crippen molar-refractivity contribution in [3.8, 4) is 5.69 Å². The van der Waals surface area contributed by atoms with Crippen LogP contribution in [-0.2, 0) is 0 Å². The topological polar surface area (TPSA) is 8.17 Å². The number of allylic oxidation sites excluding steroid dienone is 4. The molecule has 44 heavy (non-hydrogen) atoms. The predicted octanol–water partition coefficient (Wildman–Crippen LogP) is 11.6. The van der Waals surface area contributed by atoms with Gasteiger partial charge in [0.05, 0.1) is 15.7 Å². The molecule has 0 unspecified atom stereocenters. The summed E-state index contributed by atoms with van der Waals surface area (Å²) in [6.45, 7) is 5.14. The van der Waals surface area contributed by atoms with Crippen molar-refractivity contribution in [1.82, 2.24) is 4.57 Å². The van der Waals surface area contributed by atoms with E-state index in [9.17, 15) is 0 Å². The summed E-state index contributed by atoms with van der Waals surface area (Å²) in [5, 5.41) is 7.89. The Hall–Kier alpha value is -5.38. The van der Waals surface area contributed by atoms with E-state index in [2.05, 4.69) is 162 Å². The summed E-state index contributed by atoms with van der Waals surface area (Å²) in [4.78, 5) is 2.39. The van der Waals surface area contributed by atoms with E-state index < -0.39 is 0 Å². The van der Waals surface area contributed by atoms with E-state index in [-0.39, 0.29) is 0 Å². The van der Waals surface area contributed by atoms with Crippen LogP contribution < -0.4 is 4.90 Å². The molecular weight excluding hydrogens is 553 g/mol. The van der Waals surface area contributed by atoms with Crippen LogP contribution >= 0.6 is 11.3 Å². The standard InChI is InChI=1S/C41H28N2S/c1-27-14-3-2-12-25-42(35-22-9-6-17-30(27)35)28-15-13-16-29(26-28)43-36-23-10-7-20-33(36)38-31-18-4-5-19-32(31)39-34-21-8-11-24-37(34)44-41(39)40(38)43/h2-24,26H,1,25H2/b12-2-,14-3-. The molecular formula is C41H28N2S. The zero-order chi connectivity index (χ0) is 29.2. The highest BCUT2D eigenvalue weighted by atomic mass is 32.1. The normalized spacial score (nSPS) is 15.1. The number of aromatic nitrogens is 1. The highest BCUT2D eigenvalue weighted by Crippen LogP contribution is 2.48. The second kappa shape index (κ2) is 9.84. The lowest BCUT2D eigenvalue weighted by molar-refractivity contribution is 1.08. The molecule has 9 rings (SSSR count). The summed E-state index contributed by atoms with van der Waals surface area (Å²) in [5.74, 6) is 0. The average molecular weight is 581 g/mol. The van der Waals surface area contributed by atoms with E-state index in [1.54, 1.807) is 0 Å². The Bertz CT molecular complexity index is 2500. The van der Waals surface area contributed by atoms with Crippen molar-refractivity contribution in [3.63, 3.8) is 0 Å². The van der Waals surface area contributed by atoms with Crippen LogP contribution in [0.5, 0.6) is 0 Å². The van der Waals surface area contributed by atoms with Gasteiger partial charge in [0.1, 0.15) is 0 Å². The van der Waals surface area contributed by atoms with Crippen molar-refractivity contribution in [2.24, 2.45) is 0 Å². The zero-order valence-electron chi connectivity index (χ0n) is 24.1. The van der Waals surface area contributed by atoms with Crippen molar-refractivity contribution < 1.29 is 0 Å². The first-order valence-corrected chi connectivity index (χ1v) is 15.8. The van der Waals surface area contributed by atoms with Crippen LogP contribution in [0.25, 0.3) is 64.0 Å². The maximum absolute atomic E-state index is 4.37. The third-order valence-electron chi connectivity index (χ3n) is 8.92. The molecule has 0 aliphatic carbocycles. The van der Waals surface area contributed by atoms with Gasteiger partial charge in [-0.15, -0.1) is 11.3 Å². The van der Waals surface area contributed by atoms with Crippen LogP contribution in [-0.4, -0.2) is 11.1 Å². The first kappa shape index (κ1) is 25.1. The predicted molar refractivity (Wildman–Crippen MR) is 192 cm³/mol. The highest BCUT2D eigenvalue weighted by Gasteiger charge is 2.22. The van der Waals surface area contributed by atoms with E-state index in [1.165, 1.54) is 52.8 Å². The molecule has 3 heterocycles. The van der Waals surface area contributed by atoms with E-state index in [1.807, 2.05) is 11.3 Å². The van der Waals surface area contributed by atoms with Crippen molar-refractivity contribution in [2.45, 2.75) is 0 Å². The fraction of sp³-hybridized carbons (Fsp3) is 0.0244. The molecule has 0 atom stereocenters. The third kappa shape index (κ3) is 3.66. The Morgan fingerprint density at radius 1 is 0.614 bits per heavy atom. The molecule has 1 aliphatic rings. The summed E-state index contributed by atoms with van der Waals surface area (Å²) in [7, 11) is 0. The molecule has 2 aromatic heterocycles. The van der Waals surface area contributed by atoms with Gasteiger partial charge in [-0.25, -0.2) is 0 Å². The zero-order valence-corrected chi connectivity index (χ0v) is 24.9. The number of hydrogen-bond acceptors (Lipinski definition) is 2. The summed E-state index contributed by atoms with van der Waals surface area (Å²) in [6.07, 6.45) is 8.50. The summed E-state index contributed by atoms with van der Waals surface area (Å²) in [6, 6.07) is 44.2. The van der Waals surface area contributed by atoms with E-state index in [4.69, 9.17) is 0 Å². The van der Waals surface area contributed by atoms with Crippen molar-refractivity contribution in [3.05, 3.63) is 158 Å². The van der Waals surface area contributed by atoms with Crippen LogP contribution in [0.1, 0.15) is 5.56 Å². The molecule has 0 spiro atoms. The Kier molecular flexibility index (Phi) is 5.62. The van der Waals surface area contributed by atoms with Gasteiger partial charge in [-0.2, -0.15) is 0 Å². The molecule has 0 amide bonds. The molecule has 0 saturated carbocycles. The summed E-state index contributed by atoms with van der Waals surface area (Å²) < 4.78 is 5.15. The minimum Gasteiger partial charge on any atom is -0.337 e. The molecule has 0 fully saturated rings. The number of para-hydroxylation sites is 2. The quantitative estimate of drug-likeness (QED) is 0.197. The number of nitrogens with zero attached hydrogens (tertiary/aromatic N) is 2. The first-order valence-electron chi connectivity index (χ1n) is 15.0. The number of fused-ring (bicyclic) bond motifs is 11. The molecule has 0 N–H and O–H groups in total. The van der Waals surface area contributed by atoms with Gasteiger partial charge < -0.3 is 9.47 Å². The van der Waals surface area contributed by atoms with Crippen LogP contribution in [0.2, 0.25) is 0 Å². The maximum atomic E-state index is 4.37. The molecule has 0 saturated heterocycles. The lowest BCUT2D eigenvalue weighted by Crippen LogP contribution is -2.18. The van der Waals surface area contributed by atoms with E-state index in [0.29, 0.717) is 0 Å². The second-order valence-electron chi connectivity index (χ2n) is 11.4. The molecule has 1 aliphatic heterocycles. The number of anilines is 2. The number of thiophene rings is 1. The number of rotatable bonds is 2. The SMILES string of the molecule is C=C1/C=C\C=C/CN(c2cccc(-n3c4ccccc4c4c5ccccc5c5c6ccccc6sc5c43)c2)c2ccccc21. The van der Waals surface area contributed by atoms with Crippen LogP contribution in [0.15, 0.2) is 152 Å². The van der Waals surface area contributed by atoms with Crippen molar-refractivity contribution >= 4 is 81.0 Å². The molecule has 8 aromatic rings. The molecule has 6 aromatic carbocycles. The Morgan fingerprint density at radius 2 is 1.32 bits per heavy atom. The lowest BCUT2D eigenvalue weighted by Gasteiger charge is -2.27. The van der Waals surface area contributed by atoms with Gasteiger partial charge in [0.15, 0.2) is 0 Å². The second-order valence-corrected chi connectivity index (χ2v) is 12.4. The van der Waals surface area contributed by atoms with Gasteiger partial charge in [0, 0.05) is 55.4 Å². The minimum atomic E-state index is 0.760. The van der Waals surface area contributed by atoms with E-state index >= 15 is 0 Å². The van der Waals surface area contributed by atoms with Gasteiger partial charge in [-0.3, -0.25) is 0 Å². The Labute approximate surface area is 259 Å². The Morgan fingerprint density at radius 3 is 2.20 bits per heavy atom. The van der Waals surface area contributed by atoms with Gasteiger partial charge in [0.2, 0.25) is 0 Å². The van der Waals surface area contributed by atoms with Crippen LogP contribution in [0, 0.1) is 0 Å². The summed E-state index contributed by atoms with van der Waals surface area (Å²) >= 11 is 1.90. The van der Waals surface area contributed by atoms with Crippen molar-refractivity contribution in [2.75, 3.05) is 11.4 Å². The monoisotopic (exact) mass is 580 g/mol. The maximum Gasteiger partial charge on any atom is 0.0726 e. The molecule has 0 bridgehead atoms. The van der Waals surface area contributed by atoms with Gasteiger partial charge in [0.25, 0.3) is 0 Å². The smallest absolute Gasteiger partial charge is 0.0726 e. The fourth-order valence-corrected chi connectivity index (χ4v) is 8.28. The van der Waals surface area contributed by atoms with Crippen LogP contribution in [0.3, 0.4) is 0 Å². The molecule has 2 nitrogen and oxygen atoms in total. The molecule has 0 radical (unpaired) electrons. The Balaban J connectivity index is 1.38. The minimum absolute atomic E-state index is 0.760. The van der Waals surface area contributed by atoms with Gasteiger partial charge >= 0.3 is 0 Å². The summed E-state index contributed by atoms with van der Waals surface area (Å²) in [5.41, 5.74) is 8.11. The van der Waals surface area contributed by atoms with E-state index in [0.717, 1.165) is 34.7 Å². The fourth-order valence-electron chi connectivity index (χ4n) is 7.02. The first-order chi connectivity index (χ1) is 21.8. The largest absolute Gasteiger partial charge is 0.337 e. The molecule has 208 valence electrons. The lowest BCUT2D eigenvalue weighted by atomic mass is 9.99. The van der Waals surface area contributed by atoms with Gasteiger partial charge in [-0.1, -0.05) is 116 Å². The van der Waals surface area contributed by atoms with Crippen LogP contribution in [0.4, 0.5) is 11.4 Å². The van der Waals surface area contributed by atoms with Crippen molar-refractivity contribution in [1.29, 1.82) is 0 Å². The van der Waals surface area contributed by atoms with Gasteiger partial charge in [-0.05, 0) is 52.7 Å². The molecule has 3 heteroatoms. The third-order valence-corrected chi connectivity index (χ3v) is 10.1.